The van der Waals surface area contributed by atoms with E-state index in [1.165, 1.54) is 0 Å². The SMILES string of the molecule is Nc1cccc(-c2nc3ccccn3c2-c2ccnc(N)n2)c1. The fourth-order valence-electron chi connectivity index (χ4n) is 2.63. The minimum atomic E-state index is 0.229. The highest BCUT2D eigenvalue weighted by atomic mass is 15.1. The number of nitrogens with two attached hydrogens (primary N) is 2. The fraction of sp³-hybridized carbons (Fsp3) is 0. The molecule has 0 bridgehead atoms. The second-order valence-electron chi connectivity index (χ2n) is 5.16. The number of anilines is 2. The number of nitrogen functional groups attached to an aromatic ring is 2. The van der Waals surface area contributed by atoms with E-state index in [-0.39, 0.29) is 5.95 Å². The Morgan fingerprint density at radius 1 is 0.913 bits per heavy atom. The summed E-state index contributed by atoms with van der Waals surface area (Å²) < 4.78 is 1.99. The van der Waals surface area contributed by atoms with E-state index in [1.807, 2.05) is 59.1 Å². The maximum Gasteiger partial charge on any atom is 0.220 e. The predicted molar refractivity (Wildman–Crippen MR) is 90.5 cm³/mol. The summed E-state index contributed by atoms with van der Waals surface area (Å²) in [6, 6.07) is 15.3. The summed E-state index contributed by atoms with van der Waals surface area (Å²) in [6.07, 6.45) is 3.59. The molecule has 0 aliphatic carbocycles. The van der Waals surface area contributed by atoms with Gasteiger partial charge in [-0.1, -0.05) is 18.2 Å². The minimum Gasteiger partial charge on any atom is -0.399 e. The number of aromatic nitrogens is 4. The van der Waals surface area contributed by atoms with Crippen molar-refractivity contribution in [2.45, 2.75) is 0 Å². The zero-order valence-electron chi connectivity index (χ0n) is 12.2. The Hall–Kier alpha value is -3.41. The molecule has 4 aromatic rings. The molecule has 3 heterocycles. The molecule has 112 valence electrons. The zero-order valence-corrected chi connectivity index (χ0v) is 12.2. The molecule has 0 atom stereocenters. The number of benzene rings is 1. The highest BCUT2D eigenvalue weighted by Gasteiger charge is 2.17. The van der Waals surface area contributed by atoms with E-state index in [0.29, 0.717) is 11.4 Å². The first-order valence-corrected chi connectivity index (χ1v) is 7.14. The average molecular weight is 302 g/mol. The molecule has 6 nitrogen and oxygen atoms in total. The van der Waals surface area contributed by atoms with Crippen LogP contribution in [0, 0.1) is 0 Å². The van der Waals surface area contributed by atoms with Gasteiger partial charge in [-0.25, -0.2) is 15.0 Å². The highest BCUT2D eigenvalue weighted by Crippen LogP contribution is 2.32. The second-order valence-corrected chi connectivity index (χ2v) is 5.16. The molecule has 0 aliphatic heterocycles. The molecule has 0 unspecified atom stereocenters. The van der Waals surface area contributed by atoms with Crippen LogP contribution in [0.5, 0.6) is 0 Å². The van der Waals surface area contributed by atoms with Gasteiger partial charge in [-0.15, -0.1) is 0 Å². The molecule has 4 N–H and O–H groups in total. The molecule has 4 rings (SSSR count). The van der Waals surface area contributed by atoms with Crippen molar-refractivity contribution >= 4 is 17.3 Å². The summed E-state index contributed by atoms with van der Waals surface area (Å²) in [5.41, 5.74) is 16.5. The maximum absolute atomic E-state index is 5.92. The van der Waals surface area contributed by atoms with Crippen LogP contribution < -0.4 is 11.5 Å². The van der Waals surface area contributed by atoms with E-state index in [1.54, 1.807) is 6.20 Å². The molecule has 23 heavy (non-hydrogen) atoms. The molecule has 0 amide bonds. The van der Waals surface area contributed by atoms with E-state index < -0.39 is 0 Å². The molecule has 6 heteroatoms. The Kier molecular flexibility index (Phi) is 2.94. The van der Waals surface area contributed by atoms with Gasteiger partial charge in [0.25, 0.3) is 0 Å². The van der Waals surface area contributed by atoms with Gasteiger partial charge < -0.3 is 11.5 Å². The first kappa shape index (κ1) is 13.3. The maximum atomic E-state index is 5.92. The number of hydrogen-bond donors (Lipinski definition) is 2. The number of imidazole rings is 1. The summed E-state index contributed by atoms with van der Waals surface area (Å²) in [6.45, 7) is 0. The molecule has 3 aromatic heterocycles. The van der Waals surface area contributed by atoms with Crippen LogP contribution >= 0.6 is 0 Å². The van der Waals surface area contributed by atoms with E-state index in [2.05, 4.69) is 9.97 Å². The van der Waals surface area contributed by atoms with Crippen molar-refractivity contribution in [3.8, 4) is 22.6 Å². The van der Waals surface area contributed by atoms with Crippen molar-refractivity contribution in [1.29, 1.82) is 0 Å². The minimum absolute atomic E-state index is 0.229. The van der Waals surface area contributed by atoms with E-state index in [0.717, 1.165) is 22.6 Å². The van der Waals surface area contributed by atoms with Crippen molar-refractivity contribution in [3.63, 3.8) is 0 Å². The summed E-state index contributed by atoms with van der Waals surface area (Å²) >= 11 is 0. The van der Waals surface area contributed by atoms with Crippen molar-refractivity contribution in [1.82, 2.24) is 19.4 Å². The van der Waals surface area contributed by atoms with Crippen molar-refractivity contribution < 1.29 is 0 Å². The Morgan fingerprint density at radius 2 is 1.83 bits per heavy atom. The van der Waals surface area contributed by atoms with E-state index in [9.17, 15) is 0 Å². The van der Waals surface area contributed by atoms with Crippen LogP contribution in [0.3, 0.4) is 0 Å². The monoisotopic (exact) mass is 302 g/mol. The Labute approximate surface area is 132 Å². The first-order chi connectivity index (χ1) is 11.2. The Bertz CT molecular complexity index is 1000. The van der Waals surface area contributed by atoms with Crippen LogP contribution in [0.15, 0.2) is 60.9 Å². The average Bonchev–Trinajstić information content (AvgIpc) is 2.94. The summed E-state index contributed by atoms with van der Waals surface area (Å²) in [4.78, 5) is 13.0. The molecule has 1 aromatic carbocycles. The van der Waals surface area contributed by atoms with Crippen LogP contribution in [0.2, 0.25) is 0 Å². The van der Waals surface area contributed by atoms with Gasteiger partial charge in [-0.3, -0.25) is 4.40 Å². The van der Waals surface area contributed by atoms with Gasteiger partial charge in [-0.05, 0) is 30.3 Å². The smallest absolute Gasteiger partial charge is 0.220 e. The van der Waals surface area contributed by atoms with Gasteiger partial charge in [0.2, 0.25) is 5.95 Å². The fourth-order valence-corrected chi connectivity index (χ4v) is 2.63. The van der Waals surface area contributed by atoms with Crippen molar-refractivity contribution in [2.75, 3.05) is 11.5 Å². The largest absolute Gasteiger partial charge is 0.399 e. The van der Waals surface area contributed by atoms with E-state index >= 15 is 0 Å². The van der Waals surface area contributed by atoms with Crippen LogP contribution in [-0.4, -0.2) is 19.4 Å². The van der Waals surface area contributed by atoms with Gasteiger partial charge in [0.1, 0.15) is 5.65 Å². The highest BCUT2D eigenvalue weighted by molar-refractivity contribution is 5.81. The van der Waals surface area contributed by atoms with Crippen molar-refractivity contribution in [3.05, 3.63) is 60.9 Å². The lowest BCUT2D eigenvalue weighted by atomic mass is 10.1. The van der Waals surface area contributed by atoms with Crippen LogP contribution in [0.4, 0.5) is 11.6 Å². The quantitative estimate of drug-likeness (QED) is 0.555. The van der Waals surface area contributed by atoms with Gasteiger partial charge in [-0.2, -0.15) is 0 Å². The summed E-state index contributed by atoms with van der Waals surface area (Å²) in [5.74, 6) is 0.229. The number of nitrogens with zero attached hydrogens (tertiary/aromatic N) is 4. The lowest BCUT2D eigenvalue weighted by molar-refractivity contribution is 1.14. The topological polar surface area (TPSA) is 95.1 Å². The van der Waals surface area contributed by atoms with Gasteiger partial charge >= 0.3 is 0 Å². The molecule has 0 radical (unpaired) electrons. The summed E-state index contributed by atoms with van der Waals surface area (Å²) in [5, 5.41) is 0. The Balaban J connectivity index is 2.06. The van der Waals surface area contributed by atoms with Gasteiger partial charge in [0.15, 0.2) is 0 Å². The zero-order chi connectivity index (χ0) is 15.8. The molecule has 0 spiro atoms. The lowest BCUT2D eigenvalue weighted by Gasteiger charge is -2.06. The van der Waals surface area contributed by atoms with Crippen molar-refractivity contribution in [2.24, 2.45) is 0 Å². The molecule has 0 saturated heterocycles. The molecular weight excluding hydrogens is 288 g/mol. The molecule has 0 aliphatic rings. The molecule has 0 saturated carbocycles. The third-order valence-corrected chi connectivity index (χ3v) is 3.61. The Morgan fingerprint density at radius 3 is 2.65 bits per heavy atom. The van der Waals surface area contributed by atoms with Gasteiger partial charge in [0.05, 0.1) is 17.1 Å². The predicted octanol–water partition coefficient (Wildman–Crippen LogP) is 2.62. The van der Waals surface area contributed by atoms with Gasteiger partial charge in [0, 0.05) is 23.6 Å². The second kappa shape index (κ2) is 5.10. The number of fused-ring (bicyclic) bond motifs is 1. The third kappa shape index (κ3) is 2.26. The van der Waals surface area contributed by atoms with Crippen LogP contribution in [0.25, 0.3) is 28.3 Å². The molecular formula is C17H14N6. The number of pyridine rings is 1. The van der Waals surface area contributed by atoms with Crippen LogP contribution in [-0.2, 0) is 0 Å². The third-order valence-electron chi connectivity index (χ3n) is 3.61. The van der Waals surface area contributed by atoms with E-state index in [4.69, 9.17) is 16.5 Å². The van der Waals surface area contributed by atoms with Crippen LogP contribution in [0.1, 0.15) is 0 Å². The number of rotatable bonds is 2. The standard InChI is InChI=1S/C17H14N6/c18-12-5-3-4-11(10-12)15-16(13-7-8-20-17(19)21-13)23-9-2-1-6-14(23)22-15/h1-10H,18H2,(H2,19,20,21). The normalized spacial score (nSPS) is 11.0. The number of hydrogen-bond acceptors (Lipinski definition) is 5. The summed E-state index contributed by atoms with van der Waals surface area (Å²) in [7, 11) is 0. The molecule has 0 fully saturated rings. The lowest BCUT2D eigenvalue weighted by Crippen LogP contribution is -1.98. The first-order valence-electron chi connectivity index (χ1n) is 7.14.